The fraction of sp³-hybridized carbons (Fsp3) is 0.800. The number of nitrogens with one attached hydrogen (secondary N) is 1. The Labute approximate surface area is 201 Å². The molecule has 1 rings (SSSR count). The molecule has 0 aliphatic heterocycles. The molecule has 0 bridgehead atoms. The van der Waals surface area contributed by atoms with Crippen molar-refractivity contribution in [3.05, 3.63) is 29.3 Å². The van der Waals surface area contributed by atoms with E-state index in [4.69, 9.17) is 0 Å². The summed E-state index contributed by atoms with van der Waals surface area (Å²) in [6.45, 7) is 24.5. The molecule has 1 aromatic rings. The van der Waals surface area contributed by atoms with Crippen LogP contribution in [0.5, 0.6) is 5.75 Å². The molecule has 0 amide bonds. The molecule has 2 nitrogen and oxygen atoms in total. The molecule has 1 aromatic carbocycles. The minimum absolute atomic E-state index is 0.0426. The topological polar surface area (TPSA) is 32.3 Å². The van der Waals surface area contributed by atoms with E-state index in [1.165, 1.54) is 31.2 Å². The number of phenolic OH excluding ortho intramolecular Hbond substituents is 1. The van der Waals surface area contributed by atoms with Crippen LogP contribution in [0.15, 0.2) is 18.2 Å². The van der Waals surface area contributed by atoms with E-state index in [1.807, 2.05) is 12.1 Å². The van der Waals surface area contributed by atoms with Crippen molar-refractivity contribution in [3.8, 4) is 5.75 Å². The number of hydrogen-bond acceptors (Lipinski definition) is 2. The van der Waals surface area contributed by atoms with Gasteiger partial charge in [0, 0.05) is 11.6 Å². The molecule has 0 heterocycles. The number of aryl methyl sites for hydroxylation is 1. The highest BCUT2D eigenvalue weighted by molar-refractivity contribution is 5.44. The first-order chi connectivity index (χ1) is 15.0. The maximum Gasteiger partial charge on any atom is 0.119 e. The molecule has 2 N–H and O–H groups in total. The number of hydrogen-bond donors (Lipinski definition) is 2. The number of rotatable bonds is 14. The summed E-state index contributed by atoms with van der Waals surface area (Å²) in [6, 6.07) is 6.47. The number of benzene rings is 1. The second kappa shape index (κ2) is 13.0. The van der Waals surface area contributed by atoms with Gasteiger partial charge in [0.25, 0.3) is 0 Å². The van der Waals surface area contributed by atoms with Gasteiger partial charge in [-0.25, -0.2) is 0 Å². The van der Waals surface area contributed by atoms with Crippen LogP contribution in [0.1, 0.15) is 118 Å². The lowest BCUT2D eigenvalue weighted by Gasteiger charge is -2.39. The van der Waals surface area contributed by atoms with Crippen molar-refractivity contribution in [1.82, 2.24) is 5.32 Å². The number of aromatic hydroxyl groups is 1. The quantitative estimate of drug-likeness (QED) is 0.300. The summed E-state index contributed by atoms with van der Waals surface area (Å²) in [5, 5.41) is 14.5. The first kappa shape index (κ1) is 29.0. The Morgan fingerprint density at radius 2 is 1.53 bits per heavy atom. The molecule has 2 heteroatoms. The van der Waals surface area contributed by atoms with Crippen molar-refractivity contribution in [2.24, 2.45) is 23.2 Å². The molecule has 186 valence electrons. The average Bonchev–Trinajstić information content (AvgIpc) is 2.74. The molecule has 0 aromatic heterocycles. The summed E-state index contributed by atoms with van der Waals surface area (Å²) in [6.07, 6.45) is 8.30. The van der Waals surface area contributed by atoms with Crippen LogP contribution in [0.3, 0.4) is 0 Å². The third-order valence-corrected chi connectivity index (χ3v) is 8.83. The van der Waals surface area contributed by atoms with Gasteiger partial charge in [0.2, 0.25) is 0 Å². The Kier molecular flexibility index (Phi) is 11.8. The Morgan fingerprint density at radius 1 is 0.938 bits per heavy atom. The molecular weight excluding hydrogens is 390 g/mol. The zero-order chi connectivity index (χ0) is 24.5. The normalized spacial score (nSPS) is 15.7. The van der Waals surface area contributed by atoms with Gasteiger partial charge in [-0.1, -0.05) is 80.4 Å². The van der Waals surface area contributed by atoms with E-state index in [2.05, 4.69) is 80.6 Å². The van der Waals surface area contributed by atoms with Crippen LogP contribution < -0.4 is 5.32 Å². The third-order valence-electron chi connectivity index (χ3n) is 8.83. The standard InChI is InChI=1S/C30H55NO/c1-11-25(12-2)26(24(7)29(8,9)10)19-18-23(6)31-21-20-30(13-3,14-4)28-22(5)16-15-17-27(28)32/h15-17,23-26,31-32H,11-14,18-21H2,1-10H3/t23?,24-,26?/m1/s1. The van der Waals surface area contributed by atoms with Gasteiger partial charge in [-0.05, 0) is 92.7 Å². The molecule has 0 aliphatic carbocycles. The summed E-state index contributed by atoms with van der Waals surface area (Å²) < 4.78 is 0. The predicted molar refractivity (Wildman–Crippen MR) is 143 cm³/mol. The van der Waals surface area contributed by atoms with Crippen LogP contribution in [0.25, 0.3) is 0 Å². The van der Waals surface area contributed by atoms with Gasteiger partial charge in [-0.3, -0.25) is 0 Å². The summed E-state index contributed by atoms with van der Waals surface area (Å²) in [4.78, 5) is 0. The Hall–Kier alpha value is -1.02. The first-order valence-electron chi connectivity index (χ1n) is 13.5. The fourth-order valence-corrected chi connectivity index (χ4v) is 5.96. The van der Waals surface area contributed by atoms with E-state index < -0.39 is 0 Å². The van der Waals surface area contributed by atoms with Crippen LogP contribution >= 0.6 is 0 Å². The highest BCUT2D eigenvalue weighted by atomic mass is 16.3. The molecule has 0 aliphatic rings. The average molecular weight is 446 g/mol. The third kappa shape index (κ3) is 7.51. The van der Waals surface area contributed by atoms with Crippen molar-refractivity contribution in [1.29, 1.82) is 0 Å². The van der Waals surface area contributed by atoms with Gasteiger partial charge in [-0.2, -0.15) is 0 Å². The van der Waals surface area contributed by atoms with E-state index in [-0.39, 0.29) is 5.41 Å². The van der Waals surface area contributed by atoms with Gasteiger partial charge in [0.05, 0.1) is 0 Å². The number of phenols is 1. The van der Waals surface area contributed by atoms with Crippen LogP contribution in [-0.4, -0.2) is 17.7 Å². The predicted octanol–water partition coefficient (Wildman–Crippen LogP) is 8.64. The molecule has 0 fully saturated rings. The summed E-state index contributed by atoms with van der Waals surface area (Å²) in [5.74, 6) is 2.82. The van der Waals surface area contributed by atoms with Crippen molar-refractivity contribution < 1.29 is 5.11 Å². The Bertz CT molecular complexity index is 631. The highest BCUT2D eigenvalue weighted by Crippen LogP contribution is 2.42. The van der Waals surface area contributed by atoms with Crippen molar-refractivity contribution in [2.45, 2.75) is 126 Å². The second-order valence-corrected chi connectivity index (χ2v) is 11.5. The fourth-order valence-electron chi connectivity index (χ4n) is 5.96. The molecule has 0 radical (unpaired) electrons. The van der Waals surface area contributed by atoms with Gasteiger partial charge >= 0.3 is 0 Å². The molecule has 32 heavy (non-hydrogen) atoms. The summed E-state index contributed by atoms with van der Waals surface area (Å²) in [7, 11) is 0. The lowest BCUT2D eigenvalue weighted by molar-refractivity contribution is 0.107. The van der Waals surface area contributed by atoms with Crippen LogP contribution in [-0.2, 0) is 5.41 Å². The molecule has 0 spiro atoms. The van der Waals surface area contributed by atoms with Crippen molar-refractivity contribution in [3.63, 3.8) is 0 Å². The maximum atomic E-state index is 10.6. The lowest BCUT2D eigenvalue weighted by Crippen LogP contribution is -2.36. The van der Waals surface area contributed by atoms with Gasteiger partial charge < -0.3 is 10.4 Å². The largest absolute Gasteiger partial charge is 0.508 e. The summed E-state index contributed by atoms with van der Waals surface area (Å²) >= 11 is 0. The van der Waals surface area contributed by atoms with Crippen molar-refractivity contribution in [2.75, 3.05) is 6.54 Å². The maximum absolute atomic E-state index is 10.6. The van der Waals surface area contributed by atoms with E-state index in [0.29, 0.717) is 17.2 Å². The minimum Gasteiger partial charge on any atom is -0.508 e. The monoisotopic (exact) mass is 445 g/mol. The van der Waals surface area contributed by atoms with Crippen molar-refractivity contribution >= 4 is 0 Å². The van der Waals surface area contributed by atoms with Crippen LogP contribution in [0, 0.1) is 30.1 Å². The van der Waals surface area contributed by atoms with Gasteiger partial charge in [-0.15, -0.1) is 0 Å². The SMILES string of the molecule is CCC(CC)C(CCC(C)NCCC(CC)(CC)c1c(C)cccc1O)[C@@H](C)C(C)(C)C. The van der Waals surface area contributed by atoms with E-state index in [9.17, 15) is 5.11 Å². The Balaban J connectivity index is 2.78. The minimum atomic E-state index is 0.0426. The van der Waals surface area contributed by atoms with E-state index >= 15 is 0 Å². The molecule has 2 unspecified atom stereocenters. The van der Waals surface area contributed by atoms with E-state index in [1.54, 1.807) is 0 Å². The second-order valence-electron chi connectivity index (χ2n) is 11.5. The molecular formula is C30H55NO. The molecule has 3 atom stereocenters. The summed E-state index contributed by atoms with van der Waals surface area (Å²) in [5.41, 5.74) is 2.78. The molecule has 0 saturated heterocycles. The first-order valence-corrected chi connectivity index (χ1v) is 13.5. The smallest absolute Gasteiger partial charge is 0.119 e. The lowest BCUT2D eigenvalue weighted by atomic mass is 9.67. The van der Waals surface area contributed by atoms with Crippen LogP contribution in [0.4, 0.5) is 0 Å². The Morgan fingerprint density at radius 3 is 2.00 bits per heavy atom. The van der Waals surface area contributed by atoms with Crippen LogP contribution in [0.2, 0.25) is 0 Å². The van der Waals surface area contributed by atoms with Gasteiger partial charge in [0.1, 0.15) is 5.75 Å². The van der Waals surface area contributed by atoms with E-state index in [0.717, 1.165) is 49.1 Å². The van der Waals surface area contributed by atoms with Gasteiger partial charge in [0.15, 0.2) is 0 Å². The zero-order valence-electron chi connectivity index (χ0n) is 23.1. The zero-order valence-corrected chi connectivity index (χ0v) is 23.1. The molecule has 0 saturated carbocycles. The highest BCUT2D eigenvalue weighted by Gasteiger charge is 2.33.